The third-order valence-corrected chi connectivity index (χ3v) is 4.45. The number of morpholine rings is 1. The van der Waals surface area contributed by atoms with E-state index >= 15 is 0 Å². The minimum Gasteiger partial charge on any atom is -0.452 e. The number of nitrogens with one attached hydrogen (secondary N) is 1. The molecule has 1 amide bonds. The number of amides is 1. The first-order valence-corrected chi connectivity index (χ1v) is 9.11. The van der Waals surface area contributed by atoms with E-state index in [0.717, 1.165) is 30.3 Å². The molecule has 0 aliphatic carbocycles. The van der Waals surface area contributed by atoms with Gasteiger partial charge in [-0.05, 0) is 30.3 Å². The van der Waals surface area contributed by atoms with E-state index in [1.807, 2.05) is 0 Å². The summed E-state index contributed by atoms with van der Waals surface area (Å²) in [6.45, 7) is 0.567. The molecular formula is C20H17F5N2O4. The molecule has 6 nitrogen and oxygen atoms in total. The number of carbonyl (C=O) groups excluding carboxylic acids is 2. The maximum absolute atomic E-state index is 13.6. The van der Waals surface area contributed by atoms with Crippen LogP contribution in [-0.4, -0.2) is 44.8 Å². The van der Waals surface area contributed by atoms with Crippen LogP contribution >= 0.6 is 0 Å². The van der Waals surface area contributed by atoms with Crippen LogP contribution in [0.25, 0.3) is 0 Å². The van der Waals surface area contributed by atoms with E-state index in [0.29, 0.717) is 32.0 Å². The third kappa shape index (κ3) is 5.48. The summed E-state index contributed by atoms with van der Waals surface area (Å²) < 4.78 is 76.4. The van der Waals surface area contributed by atoms with Crippen molar-refractivity contribution in [2.24, 2.45) is 0 Å². The summed E-state index contributed by atoms with van der Waals surface area (Å²) in [5.41, 5.74) is -1.76. The summed E-state index contributed by atoms with van der Waals surface area (Å²) in [7, 11) is 0. The molecule has 31 heavy (non-hydrogen) atoms. The Morgan fingerprint density at radius 1 is 1.06 bits per heavy atom. The minimum atomic E-state index is -4.64. The number of rotatable bonds is 5. The van der Waals surface area contributed by atoms with E-state index in [-0.39, 0.29) is 5.69 Å². The molecule has 11 heteroatoms. The van der Waals surface area contributed by atoms with Gasteiger partial charge in [-0.2, -0.15) is 13.2 Å². The zero-order chi connectivity index (χ0) is 22.6. The Kier molecular flexibility index (Phi) is 6.74. The predicted octanol–water partition coefficient (Wildman–Crippen LogP) is 3.62. The Hall–Kier alpha value is -3.21. The monoisotopic (exact) mass is 444 g/mol. The summed E-state index contributed by atoms with van der Waals surface area (Å²) >= 11 is 0. The molecule has 2 aromatic rings. The van der Waals surface area contributed by atoms with Crippen molar-refractivity contribution in [2.45, 2.75) is 6.18 Å². The highest BCUT2D eigenvalue weighted by Crippen LogP contribution is 2.35. The second kappa shape index (κ2) is 9.29. The van der Waals surface area contributed by atoms with Gasteiger partial charge in [0.15, 0.2) is 6.61 Å². The molecule has 1 aliphatic rings. The number of benzene rings is 2. The maximum Gasteiger partial charge on any atom is 0.416 e. The molecule has 0 saturated carbocycles. The first-order chi connectivity index (χ1) is 14.7. The fourth-order valence-electron chi connectivity index (χ4n) is 2.97. The Balaban J connectivity index is 1.75. The van der Waals surface area contributed by atoms with Crippen LogP contribution < -0.4 is 10.2 Å². The standard InChI is InChI=1S/C20H17F5N2O4/c21-13-2-1-3-14(22)18(13)19(29)31-11-17(28)26-15-10-12(20(23,24)25)4-5-16(15)27-6-8-30-9-7-27/h1-5,10H,6-9,11H2,(H,26,28). The van der Waals surface area contributed by atoms with Crippen molar-refractivity contribution >= 4 is 23.3 Å². The predicted molar refractivity (Wildman–Crippen MR) is 99.7 cm³/mol. The lowest BCUT2D eigenvalue weighted by Crippen LogP contribution is -2.37. The van der Waals surface area contributed by atoms with Crippen LogP contribution in [0, 0.1) is 11.6 Å². The van der Waals surface area contributed by atoms with Crippen molar-refractivity contribution in [3.05, 3.63) is 59.2 Å². The fourth-order valence-corrected chi connectivity index (χ4v) is 2.97. The van der Waals surface area contributed by atoms with Gasteiger partial charge in [0.1, 0.15) is 17.2 Å². The quantitative estimate of drug-likeness (QED) is 0.564. The summed E-state index contributed by atoms with van der Waals surface area (Å²) in [6.07, 6.45) is -4.64. The molecule has 1 saturated heterocycles. The summed E-state index contributed by atoms with van der Waals surface area (Å²) in [5, 5.41) is 2.27. The second-order valence-electron chi connectivity index (χ2n) is 6.55. The zero-order valence-corrected chi connectivity index (χ0v) is 16.0. The van der Waals surface area contributed by atoms with Crippen LogP contribution in [0.4, 0.5) is 33.3 Å². The van der Waals surface area contributed by atoms with Crippen LogP contribution in [0.2, 0.25) is 0 Å². The lowest BCUT2D eigenvalue weighted by atomic mass is 10.1. The summed E-state index contributed by atoms with van der Waals surface area (Å²) in [4.78, 5) is 25.8. The van der Waals surface area contributed by atoms with Gasteiger partial charge in [-0.15, -0.1) is 0 Å². The fraction of sp³-hybridized carbons (Fsp3) is 0.300. The zero-order valence-electron chi connectivity index (χ0n) is 16.0. The summed E-state index contributed by atoms with van der Waals surface area (Å²) in [5.74, 6) is -4.72. The first-order valence-electron chi connectivity index (χ1n) is 9.11. The third-order valence-electron chi connectivity index (χ3n) is 4.45. The van der Waals surface area contributed by atoms with Crippen LogP contribution in [0.3, 0.4) is 0 Å². The lowest BCUT2D eigenvalue weighted by molar-refractivity contribution is -0.137. The van der Waals surface area contributed by atoms with E-state index in [1.54, 1.807) is 4.90 Å². The molecule has 1 N–H and O–H groups in total. The van der Waals surface area contributed by atoms with Gasteiger partial charge in [-0.25, -0.2) is 13.6 Å². The number of anilines is 2. The van der Waals surface area contributed by atoms with E-state index in [4.69, 9.17) is 4.74 Å². The van der Waals surface area contributed by atoms with Gasteiger partial charge >= 0.3 is 12.1 Å². The van der Waals surface area contributed by atoms with Crippen molar-refractivity contribution in [3.63, 3.8) is 0 Å². The highest BCUT2D eigenvalue weighted by molar-refractivity contribution is 5.98. The van der Waals surface area contributed by atoms with Crippen molar-refractivity contribution in [3.8, 4) is 0 Å². The molecule has 0 unspecified atom stereocenters. The highest BCUT2D eigenvalue weighted by Gasteiger charge is 2.32. The molecule has 1 fully saturated rings. The number of esters is 1. The maximum atomic E-state index is 13.6. The molecular weight excluding hydrogens is 427 g/mol. The second-order valence-corrected chi connectivity index (χ2v) is 6.55. The molecule has 1 heterocycles. The average Bonchev–Trinajstić information content (AvgIpc) is 2.72. The number of ether oxygens (including phenoxy) is 2. The lowest BCUT2D eigenvalue weighted by Gasteiger charge is -2.31. The number of carbonyl (C=O) groups is 2. The number of alkyl halides is 3. The smallest absolute Gasteiger partial charge is 0.416 e. The van der Waals surface area contributed by atoms with Gasteiger partial charge < -0.3 is 19.7 Å². The number of halogens is 5. The number of hydrogen-bond acceptors (Lipinski definition) is 5. The SMILES string of the molecule is O=C(COC(=O)c1c(F)cccc1F)Nc1cc(C(F)(F)F)ccc1N1CCOCC1. The molecule has 166 valence electrons. The van der Waals surface area contributed by atoms with Crippen LogP contribution in [0.5, 0.6) is 0 Å². The summed E-state index contributed by atoms with van der Waals surface area (Å²) in [6, 6.07) is 5.62. The Morgan fingerprint density at radius 2 is 1.71 bits per heavy atom. The molecule has 3 rings (SSSR count). The van der Waals surface area contributed by atoms with E-state index in [9.17, 15) is 31.5 Å². The molecule has 0 bridgehead atoms. The van der Waals surface area contributed by atoms with Gasteiger partial charge in [0.25, 0.3) is 5.91 Å². The van der Waals surface area contributed by atoms with Crippen LogP contribution in [0.15, 0.2) is 36.4 Å². The topological polar surface area (TPSA) is 67.9 Å². The van der Waals surface area contributed by atoms with Gasteiger partial charge in [0.2, 0.25) is 0 Å². The number of hydrogen-bond donors (Lipinski definition) is 1. The molecule has 0 atom stereocenters. The normalized spacial score (nSPS) is 14.3. The largest absolute Gasteiger partial charge is 0.452 e. The van der Waals surface area contributed by atoms with Crippen molar-refractivity contribution in [1.82, 2.24) is 0 Å². The van der Waals surface area contributed by atoms with Crippen molar-refractivity contribution in [1.29, 1.82) is 0 Å². The van der Waals surface area contributed by atoms with E-state index < -0.39 is 47.4 Å². The van der Waals surface area contributed by atoms with Gasteiger partial charge in [0.05, 0.1) is 30.2 Å². The highest BCUT2D eigenvalue weighted by atomic mass is 19.4. The van der Waals surface area contributed by atoms with Gasteiger partial charge in [-0.1, -0.05) is 6.07 Å². The van der Waals surface area contributed by atoms with Crippen LogP contribution in [0.1, 0.15) is 15.9 Å². The first kappa shape index (κ1) is 22.5. The van der Waals surface area contributed by atoms with Crippen molar-refractivity contribution in [2.75, 3.05) is 43.1 Å². The van der Waals surface area contributed by atoms with E-state index in [1.165, 1.54) is 6.07 Å². The number of nitrogens with zero attached hydrogens (tertiary/aromatic N) is 1. The Morgan fingerprint density at radius 3 is 2.32 bits per heavy atom. The van der Waals surface area contributed by atoms with Gasteiger partial charge in [0, 0.05) is 13.1 Å². The van der Waals surface area contributed by atoms with Crippen molar-refractivity contribution < 1.29 is 41.0 Å². The molecule has 0 radical (unpaired) electrons. The van der Waals surface area contributed by atoms with E-state index in [2.05, 4.69) is 10.1 Å². The Labute approximate surface area is 173 Å². The Bertz CT molecular complexity index is 954. The van der Waals surface area contributed by atoms with Crippen LogP contribution in [-0.2, 0) is 20.4 Å². The molecule has 0 spiro atoms. The molecule has 0 aromatic heterocycles. The molecule has 2 aromatic carbocycles. The minimum absolute atomic E-state index is 0.144. The van der Waals surface area contributed by atoms with Gasteiger partial charge in [-0.3, -0.25) is 4.79 Å². The average molecular weight is 444 g/mol. The molecule has 1 aliphatic heterocycles.